The van der Waals surface area contributed by atoms with E-state index in [-0.39, 0.29) is 11.6 Å². The van der Waals surface area contributed by atoms with Crippen molar-refractivity contribution in [3.05, 3.63) is 24.3 Å². The molecule has 0 saturated heterocycles. The molecule has 1 unspecified atom stereocenters. The molecule has 0 aromatic carbocycles. The SMILES string of the molecule is CCNC(c1cnccn1)C1(OC)CCC(C)CC1. The summed E-state index contributed by atoms with van der Waals surface area (Å²) in [5.41, 5.74) is 0.846. The second-order valence-electron chi connectivity index (χ2n) is 5.57. The summed E-state index contributed by atoms with van der Waals surface area (Å²) in [6.45, 7) is 5.35. The third-order valence-electron chi connectivity index (χ3n) is 4.34. The van der Waals surface area contributed by atoms with Gasteiger partial charge in [0.2, 0.25) is 0 Å². The Morgan fingerprint density at radius 2 is 2.16 bits per heavy atom. The van der Waals surface area contributed by atoms with E-state index in [9.17, 15) is 0 Å². The van der Waals surface area contributed by atoms with Gasteiger partial charge in [0, 0.05) is 19.5 Å². The highest BCUT2D eigenvalue weighted by Gasteiger charge is 2.42. The predicted octanol–water partition coefficient (Wildman–Crippen LogP) is 2.72. The molecule has 1 atom stereocenters. The van der Waals surface area contributed by atoms with Crippen LogP contribution in [0.15, 0.2) is 18.6 Å². The van der Waals surface area contributed by atoms with Crippen molar-refractivity contribution < 1.29 is 4.74 Å². The molecule has 2 rings (SSSR count). The molecular weight excluding hydrogens is 238 g/mol. The molecule has 106 valence electrons. The van der Waals surface area contributed by atoms with E-state index in [4.69, 9.17) is 4.74 Å². The summed E-state index contributed by atoms with van der Waals surface area (Å²) in [6, 6.07) is 0.128. The maximum Gasteiger partial charge on any atom is 0.0888 e. The van der Waals surface area contributed by atoms with Crippen LogP contribution >= 0.6 is 0 Å². The molecule has 0 radical (unpaired) electrons. The van der Waals surface area contributed by atoms with Gasteiger partial charge in [0.15, 0.2) is 0 Å². The van der Waals surface area contributed by atoms with E-state index in [2.05, 4.69) is 29.1 Å². The quantitative estimate of drug-likeness (QED) is 0.887. The van der Waals surface area contributed by atoms with Crippen molar-refractivity contribution in [1.82, 2.24) is 15.3 Å². The zero-order chi connectivity index (χ0) is 13.7. The average Bonchev–Trinajstić information content (AvgIpc) is 2.47. The van der Waals surface area contributed by atoms with Crippen molar-refractivity contribution >= 4 is 0 Å². The van der Waals surface area contributed by atoms with Crippen LogP contribution in [-0.4, -0.2) is 29.2 Å². The van der Waals surface area contributed by atoms with Gasteiger partial charge in [0.05, 0.1) is 23.5 Å². The second kappa shape index (κ2) is 6.44. The minimum atomic E-state index is -0.140. The van der Waals surface area contributed by atoms with Gasteiger partial charge in [-0.25, -0.2) is 0 Å². The Hall–Kier alpha value is -1.00. The molecule has 0 spiro atoms. The first-order chi connectivity index (χ1) is 9.22. The van der Waals surface area contributed by atoms with E-state index >= 15 is 0 Å². The van der Waals surface area contributed by atoms with Gasteiger partial charge < -0.3 is 10.1 Å². The fourth-order valence-corrected chi connectivity index (χ4v) is 3.09. The number of ether oxygens (including phenoxy) is 1. The fourth-order valence-electron chi connectivity index (χ4n) is 3.09. The van der Waals surface area contributed by atoms with Crippen LogP contribution in [0.3, 0.4) is 0 Å². The molecule has 1 saturated carbocycles. The molecule has 1 aliphatic rings. The Morgan fingerprint density at radius 3 is 2.68 bits per heavy atom. The van der Waals surface area contributed by atoms with Gasteiger partial charge in [-0.1, -0.05) is 13.8 Å². The Morgan fingerprint density at radius 1 is 1.42 bits per heavy atom. The standard InChI is InChI=1S/C15H25N3O/c1-4-17-14(13-11-16-9-10-18-13)15(19-3)7-5-12(2)6-8-15/h9-12,14,17H,4-8H2,1-3H3. The maximum atomic E-state index is 5.97. The van der Waals surface area contributed by atoms with E-state index in [0.29, 0.717) is 0 Å². The molecule has 0 aliphatic heterocycles. The number of methoxy groups -OCH3 is 1. The lowest BCUT2D eigenvalue weighted by Crippen LogP contribution is -2.48. The zero-order valence-corrected chi connectivity index (χ0v) is 12.2. The van der Waals surface area contributed by atoms with Gasteiger partial charge in [0.1, 0.15) is 0 Å². The van der Waals surface area contributed by atoms with Gasteiger partial charge in [-0.05, 0) is 38.1 Å². The number of hydrogen-bond donors (Lipinski definition) is 1. The third-order valence-corrected chi connectivity index (χ3v) is 4.34. The summed E-state index contributed by atoms with van der Waals surface area (Å²) in [4.78, 5) is 8.68. The maximum absolute atomic E-state index is 5.97. The summed E-state index contributed by atoms with van der Waals surface area (Å²) in [7, 11) is 1.83. The molecule has 19 heavy (non-hydrogen) atoms. The Kier molecular flexibility index (Phi) is 4.88. The van der Waals surface area contributed by atoms with Gasteiger partial charge >= 0.3 is 0 Å². The molecule has 1 aromatic rings. The van der Waals surface area contributed by atoms with Crippen LogP contribution in [-0.2, 0) is 4.74 Å². The Bertz CT molecular complexity index is 374. The highest BCUT2D eigenvalue weighted by molar-refractivity contribution is 5.11. The van der Waals surface area contributed by atoms with E-state index in [1.54, 1.807) is 12.4 Å². The fraction of sp³-hybridized carbons (Fsp3) is 0.733. The Labute approximate surface area is 116 Å². The van der Waals surface area contributed by atoms with Crippen LogP contribution in [0.2, 0.25) is 0 Å². The minimum absolute atomic E-state index is 0.128. The first-order valence-corrected chi connectivity index (χ1v) is 7.26. The molecule has 1 heterocycles. The summed E-state index contributed by atoms with van der Waals surface area (Å²) in [5, 5.41) is 3.55. The third kappa shape index (κ3) is 3.12. The van der Waals surface area contributed by atoms with Crippen molar-refractivity contribution in [1.29, 1.82) is 0 Å². The highest BCUT2D eigenvalue weighted by atomic mass is 16.5. The zero-order valence-electron chi connectivity index (χ0n) is 12.2. The van der Waals surface area contributed by atoms with Crippen molar-refractivity contribution in [2.75, 3.05) is 13.7 Å². The smallest absolute Gasteiger partial charge is 0.0888 e. The topological polar surface area (TPSA) is 47.0 Å². The summed E-state index contributed by atoms with van der Waals surface area (Å²) < 4.78 is 5.97. The van der Waals surface area contributed by atoms with Crippen LogP contribution in [0.4, 0.5) is 0 Å². The molecule has 0 bridgehead atoms. The van der Waals surface area contributed by atoms with Crippen molar-refractivity contribution in [2.45, 2.75) is 51.2 Å². The lowest BCUT2D eigenvalue weighted by atomic mass is 9.74. The normalized spacial score (nSPS) is 29.1. The minimum Gasteiger partial charge on any atom is -0.376 e. The van der Waals surface area contributed by atoms with Gasteiger partial charge in [0.25, 0.3) is 0 Å². The monoisotopic (exact) mass is 263 g/mol. The van der Waals surface area contributed by atoms with E-state index in [0.717, 1.165) is 31.0 Å². The number of nitrogens with one attached hydrogen (secondary N) is 1. The van der Waals surface area contributed by atoms with Crippen molar-refractivity contribution in [3.63, 3.8) is 0 Å². The second-order valence-corrected chi connectivity index (χ2v) is 5.57. The van der Waals surface area contributed by atoms with Gasteiger partial charge in [-0.3, -0.25) is 9.97 Å². The predicted molar refractivity (Wildman–Crippen MR) is 75.8 cm³/mol. The van der Waals surface area contributed by atoms with Crippen LogP contribution in [0.5, 0.6) is 0 Å². The number of hydrogen-bond acceptors (Lipinski definition) is 4. The molecule has 1 N–H and O–H groups in total. The summed E-state index contributed by atoms with van der Waals surface area (Å²) >= 11 is 0. The summed E-state index contributed by atoms with van der Waals surface area (Å²) in [5.74, 6) is 0.799. The number of aromatic nitrogens is 2. The van der Waals surface area contributed by atoms with Crippen molar-refractivity contribution in [2.24, 2.45) is 5.92 Å². The largest absolute Gasteiger partial charge is 0.376 e. The first-order valence-electron chi connectivity index (χ1n) is 7.26. The molecule has 1 aromatic heterocycles. The number of nitrogens with zero attached hydrogens (tertiary/aromatic N) is 2. The van der Waals surface area contributed by atoms with E-state index in [1.165, 1.54) is 12.8 Å². The Balaban J connectivity index is 2.26. The molecule has 0 amide bonds. The highest BCUT2D eigenvalue weighted by Crippen LogP contribution is 2.42. The van der Waals surface area contributed by atoms with Crippen LogP contribution in [0, 0.1) is 5.92 Å². The summed E-state index contributed by atoms with van der Waals surface area (Å²) in [6.07, 6.45) is 9.93. The van der Waals surface area contributed by atoms with Crippen molar-refractivity contribution in [3.8, 4) is 0 Å². The van der Waals surface area contributed by atoms with Gasteiger partial charge in [-0.15, -0.1) is 0 Å². The van der Waals surface area contributed by atoms with Crippen LogP contribution in [0.25, 0.3) is 0 Å². The lowest BCUT2D eigenvalue weighted by molar-refractivity contribution is -0.0767. The first kappa shape index (κ1) is 14.4. The number of rotatable bonds is 5. The van der Waals surface area contributed by atoms with Gasteiger partial charge in [-0.2, -0.15) is 0 Å². The number of likely N-dealkylation sites (N-methyl/N-ethyl adjacent to an activating group) is 1. The van der Waals surface area contributed by atoms with E-state index in [1.807, 2.05) is 13.3 Å². The van der Waals surface area contributed by atoms with Crippen LogP contribution < -0.4 is 5.32 Å². The molecule has 1 fully saturated rings. The molecule has 1 aliphatic carbocycles. The average molecular weight is 263 g/mol. The van der Waals surface area contributed by atoms with E-state index < -0.39 is 0 Å². The molecular formula is C15H25N3O. The molecule has 4 heteroatoms. The van der Waals surface area contributed by atoms with Crippen LogP contribution in [0.1, 0.15) is 51.3 Å². The molecule has 4 nitrogen and oxygen atoms in total. The lowest BCUT2D eigenvalue weighted by Gasteiger charge is -2.44.